The summed E-state index contributed by atoms with van der Waals surface area (Å²) < 4.78 is 13.1. The Labute approximate surface area is 130 Å². The van der Waals surface area contributed by atoms with Gasteiger partial charge in [0.1, 0.15) is 5.82 Å². The Hall–Kier alpha value is -2.91. The van der Waals surface area contributed by atoms with Crippen molar-refractivity contribution in [1.29, 1.82) is 5.26 Å². The van der Waals surface area contributed by atoms with Crippen LogP contribution in [0.15, 0.2) is 42.5 Å². The predicted molar refractivity (Wildman–Crippen MR) is 80.0 cm³/mol. The number of anilines is 2. The Balaban J connectivity index is 2.32. The van der Waals surface area contributed by atoms with E-state index < -0.39 is 11.7 Å². The molecular formula is C15H9ClFN3O2. The number of benzene rings is 2. The van der Waals surface area contributed by atoms with Crippen molar-refractivity contribution in [2.75, 3.05) is 10.2 Å². The normalized spacial score (nSPS) is 9.68. The Morgan fingerprint density at radius 2 is 2.05 bits per heavy atom. The van der Waals surface area contributed by atoms with E-state index in [-0.39, 0.29) is 16.3 Å². The lowest BCUT2D eigenvalue weighted by Gasteiger charge is -2.13. The van der Waals surface area contributed by atoms with Crippen LogP contribution >= 0.6 is 11.6 Å². The van der Waals surface area contributed by atoms with Gasteiger partial charge in [0, 0.05) is 5.69 Å². The number of halogens is 2. The van der Waals surface area contributed by atoms with Crippen molar-refractivity contribution in [2.24, 2.45) is 0 Å². The summed E-state index contributed by atoms with van der Waals surface area (Å²) in [4.78, 5) is 23.9. The minimum absolute atomic E-state index is 0.122. The molecule has 0 radical (unpaired) electrons. The standard InChI is InChI=1S/C15H9ClFN3O2/c16-12-7-10(5-6-13(12)17)19-15(22)11-3-1-2-4-14(11)20(8-18)9-21/h1-7,9H,(H,19,22). The van der Waals surface area contributed by atoms with Crippen LogP contribution in [0, 0.1) is 17.3 Å². The van der Waals surface area contributed by atoms with Gasteiger partial charge in [-0.2, -0.15) is 5.26 Å². The van der Waals surface area contributed by atoms with Gasteiger partial charge in [-0.15, -0.1) is 0 Å². The summed E-state index contributed by atoms with van der Waals surface area (Å²) in [5.74, 6) is -1.16. The van der Waals surface area contributed by atoms with Gasteiger partial charge in [-0.25, -0.2) is 9.29 Å². The summed E-state index contributed by atoms with van der Waals surface area (Å²) in [5.41, 5.74) is 0.558. The monoisotopic (exact) mass is 317 g/mol. The van der Waals surface area contributed by atoms with E-state index in [0.29, 0.717) is 12.1 Å². The molecule has 2 aromatic carbocycles. The second kappa shape index (κ2) is 6.70. The van der Waals surface area contributed by atoms with Crippen LogP contribution in [-0.2, 0) is 4.79 Å². The van der Waals surface area contributed by atoms with Crippen LogP contribution in [0.3, 0.4) is 0 Å². The third kappa shape index (κ3) is 3.22. The molecule has 0 atom stereocenters. The van der Waals surface area contributed by atoms with Gasteiger partial charge in [-0.1, -0.05) is 23.7 Å². The minimum Gasteiger partial charge on any atom is -0.322 e. The number of hydrogen-bond donors (Lipinski definition) is 1. The van der Waals surface area contributed by atoms with E-state index in [4.69, 9.17) is 16.9 Å². The highest BCUT2D eigenvalue weighted by molar-refractivity contribution is 6.31. The van der Waals surface area contributed by atoms with Crippen LogP contribution in [-0.4, -0.2) is 12.3 Å². The van der Waals surface area contributed by atoms with Crippen molar-refractivity contribution in [3.8, 4) is 6.19 Å². The molecular weight excluding hydrogens is 309 g/mol. The van der Waals surface area contributed by atoms with E-state index in [1.807, 2.05) is 0 Å². The van der Waals surface area contributed by atoms with E-state index in [2.05, 4.69) is 5.32 Å². The highest BCUT2D eigenvalue weighted by atomic mass is 35.5. The lowest BCUT2D eigenvalue weighted by Crippen LogP contribution is -2.20. The average Bonchev–Trinajstić information content (AvgIpc) is 2.52. The quantitative estimate of drug-likeness (QED) is 0.534. The molecule has 0 aromatic heterocycles. The van der Waals surface area contributed by atoms with Crippen molar-refractivity contribution in [3.63, 3.8) is 0 Å². The number of rotatable bonds is 4. The lowest BCUT2D eigenvalue weighted by atomic mass is 10.1. The Bertz CT molecular complexity index is 774. The van der Waals surface area contributed by atoms with E-state index in [0.717, 1.165) is 11.0 Å². The molecule has 0 aliphatic carbocycles. The van der Waals surface area contributed by atoms with Crippen molar-refractivity contribution in [2.45, 2.75) is 0 Å². The van der Waals surface area contributed by atoms with Crippen LogP contribution in [0.4, 0.5) is 15.8 Å². The molecule has 7 heteroatoms. The molecule has 1 N–H and O–H groups in total. The summed E-state index contributed by atoms with van der Waals surface area (Å²) in [6.45, 7) is 0. The first kappa shape index (κ1) is 15.5. The first-order valence-corrected chi connectivity index (χ1v) is 6.44. The Morgan fingerprint density at radius 3 is 2.68 bits per heavy atom. The highest BCUT2D eigenvalue weighted by Crippen LogP contribution is 2.23. The Kier molecular flexibility index (Phi) is 4.71. The fraction of sp³-hybridized carbons (Fsp3) is 0. The van der Waals surface area contributed by atoms with Crippen LogP contribution < -0.4 is 10.2 Å². The molecule has 2 rings (SSSR count). The van der Waals surface area contributed by atoms with Gasteiger partial charge in [0.2, 0.25) is 6.41 Å². The number of carbonyl (C=O) groups is 2. The minimum atomic E-state index is -0.600. The largest absolute Gasteiger partial charge is 0.322 e. The average molecular weight is 318 g/mol. The molecule has 0 bridgehead atoms. The van der Waals surface area contributed by atoms with Crippen molar-refractivity contribution in [3.05, 3.63) is 58.9 Å². The number of para-hydroxylation sites is 1. The number of amides is 2. The van der Waals surface area contributed by atoms with Gasteiger partial charge in [0.15, 0.2) is 6.19 Å². The second-order valence-corrected chi connectivity index (χ2v) is 4.58. The van der Waals surface area contributed by atoms with Crippen LogP contribution in [0.5, 0.6) is 0 Å². The molecule has 0 aliphatic heterocycles. The zero-order valence-electron chi connectivity index (χ0n) is 11.1. The maximum Gasteiger partial charge on any atom is 0.257 e. The number of nitrogens with zero attached hydrogens (tertiary/aromatic N) is 2. The number of hydrogen-bond acceptors (Lipinski definition) is 3. The fourth-order valence-corrected chi connectivity index (χ4v) is 1.96. The van der Waals surface area contributed by atoms with Crippen LogP contribution in [0.25, 0.3) is 0 Å². The van der Waals surface area contributed by atoms with E-state index in [1.165, 1.54) is 24.3 Å². The number of nitrogens with one attached hydrogen (secondary N) is 1. The molecule has 0 saturated heterocycles. The summed E-state index contributed by atoms with van der Waals surface area (Å²) >= 11 is 5.65. The molecule has 0 unspecified atom stereocenters. The van der Waals surface area contributed by atoms with Gasteiger partial charge in [-0.3, -0.25) is 9.59 Å². The van der Waals surface area contributed by atoms with Gasteiger partial charge >= 0.3 is 0 Å². The molecule has 22 heavy (non-hydrogen) atoms. The molecule has 0 spiro atoms. The van der Waals surface area contributed by atoms with Gasteiger partial charge in [0.25, 0.3) is 5.91 Å². The summed E-state index contributed by atoms with van der Waals surface area (Å²) in [7, 11) is 0. The number of nitriles is 1. The molecule has 110 valence electrons. The zero-order valence-corrected chi connectivity index (χ0v) is 11.8. The second-order valence-electron chi connectivity index (χ2n) is 4.18. The summed E-state index contributed by atoms with van der Waals surface area (Å²) in [6.07, 6.45) is 1.96. The zero-order chi connectivity index (χ0) is 16.1. The first-order chi connectivity index (χ1) is 10.6. The SMILES string of the molecule is N#CN(C=O)c1ccccc1C(=O)Nc1ccc(F)c(Cl)c1. The van der Waals surface area contributed by atoms with E-state index in [9.17, 15) is 14.0 Å². The molecule has 2 aromatic rings. The maximum absolute atomic E-state index is 13.1. The lowest BCUT2D eigenvalue weighted by molar-refractivity contribution is -0.106. The third-order valence-corrected chi connectivity index (χ3v) is 3.09. The smallest absolute Gasteiger partial charge is 0.257 e. The molecule has 2 amide bonds. The molecule has 0 aliphatic rings. The van der Waals surface area contributed by atoms with Crippen molar-refractivity contribution in [1.82, 2.24) is 0 Å². The number of carbonyl (C=O) groups excluding carboxylic acids is 2. The highest BCUT2D eigenvalue weighted by Gasteiger charge is 2.16. The fourth-order valence-electron chi connectivity index (χ4n) is 1.78. The van der Waals surface area contributed by atoms with E-state index >= 15 is 0 Å². The predicted octanol–water partition coefficient (Wildman–Crippen LogP) is 3.18. The van der Waals surface area contributed by atoms with E-state index in [1.54, 1.807) is 18.3 Å². The first-order valence-electron chi connectivity index (χ1n) is 6.06. The topological polar surface area (TPSA) is 73.2 Å². The van der Waals surface area contributed by atoms with Crippen molar-refractivity contribution < 1.29 is 14.0 Å². The molecule has 5 nitrogen and oxygen atoms in total. The van der Waals surface area contributed by atoms with Crippen LogP contribution in [0.2, 0.25) is 5.02 Å². The maximum atomic E-state index is 13.1. The summed E-state index contributed by atoms with van der Waals surface area (Å²) in [6, 6.07) is 9.85. The molecule has 0 fully saturated rings. The van der Waals surface area contributed by atoms with Gasteiger partial charge < -0.3 is 5.32 Å². The van der Waals surface area contributed by atoms with Crippen LogP contribution in [0.1, 0.15) is 10.4 Å². The van der Waals surface area contributed by atoms with Crippen molar-refractivity contribution >= 4 is 35.3 Å². The van der Waals surface area contributed by atoms with Gasteiger partial charge in [0.05, 0.1) is 16.3 Å². The summed E-state index contributed by atoms with van der Waals surface area (Å²) in [5, 5.41) is 11.3. The molecule has 0 heterocycles. The third-order valence-electron chi connectivity index (χ3n) is 2.80. The Morgan fingerprint density at radius 1 is 1.32 bits per heavy atom. The molecule has 0 saturated carbocycles. The van der Waals surface area contributed by atoms with Gasteiger partial charge in [-0.05, 0) is 30.3 Å².